The van der Waals surface area contributed by atoms with Crippen molar-refractivity contribution >= 4 is 29.1 Å². The molecule has 0 saturated carbocycles. The maximum Gasteiger partial charge on any atom is 0.271 e. The number of carbonyl (C=O) groups excluding carboxylic acids is 1. The van der Waals surface area contributed by atoms with E-state index in [0.29, 0.717) is 0 Å². The molecule has 2 rings (SSSR count). The van der Waals surface area contributed by atoms with Crippen molar-refractivity contribution in [2.24, 2.45) is 0 Å². The minimum Gasteiger partial charge on any atom is -0.466 e. The van der Waals surface area contributed by atoms with Gasteiger partial charge in [0.2, 0.25) is 0 Å². The highest BCUT2D eigenvalue weighted by Crippen LogP contribution is 2.22. The van der Waals surface area contributed by atoms with Crippen molar-refractivity contribution in [3.8, 4) is 0 Å². The van der Waals surface area contributed by atoms with Gasteiger partial charge in [-0.3, -0.25) is 4.79 Å². The predicted molar refractivity (Wildman–Crippen MR) is 78.3 cm³/mol. The van der Waals surface area contributed by atoms with Crippen LogP contribution in [0.25, 0.3) is 0 Å². The van der Waals surface area contributed by atoms with Crippen LogP contribution in [-0.4, -0.2) is 10.9 Å². The molecule has 2 aromatic heterocycles. The minimum atomic E-state index is -0.372. The van der Waals surface area contributed by atoms with Gasteiger partial charge in [0.1, 0.15) is 22.4 Å². The van der Waals surface area contributed by atoms with E-state index in [1.165, 1.54) is 6.07 Å². The number of halogens is 2. The van der Waals surface area contributed by atoms with Gasteiger partial charge in [-0.05, 0) is 39.0 Å². The highest BCUT2D eigenvalue weighted by atomic mass is 35.5. The van der Waals surface area contributed by atoms with E-state index >= 15 is 0 Å². The van der Waals surface area contributed by atoms with E-state index in [9.17, 15) is 4.79 Å². The summed E-state index contributed by atoms with van der Waals surface area (Å²) in [6.07, 6.45) is 0. The fourth-order valence-electron chi connectivity index (χ4n) is 2.00. The summed E-state index contributed by atoms with van der Waals surface area (Å²) < 4.78 is 5.45. The number of hydrogen-bond donors (Lipinski definition) is 1. The zero-order valence-electron chi connectivity index (χ0n) is 11.3. The first-order valence-corrected chi connectivity index (χ1v) is 6.84. The number of hydrogen-bond acceptors (Lipinski definition) is 3. The summed E-state index contributed by atoms with van der Waals surface area (Å²) in [6.45, 7) is 5.59. The molecule has 1 unspecified atom stereocenters. The first kappa shape index (κ1) is 14.9. The molecule has 0 aromatic carbocycles. The van der Waals surface area contributed by atoms with Gasteiger partial charge in [0.05, 0.1) is 11.1 Å². The molecule has 2 aromatic rings. The maximum atomic E-state index is 12.2. The van der Waals surface area contributed by atoms with E-state index in [2.05, 4.69) is 10.3 Å². The predicted octanol–water partition coefficient (Wildman–Crippen LogP) is 4.09. The first-order chi connectivity index (χ1) is 9.38. The fourth-order valence-corrected chi connectivity index (χ4v) is 2.34. The van der Waals surface area contributed by atoms with E-state index < -0.39 is 0 Å². The Labute approximate surface area is 127 Å². The zero-order chi connectivity index (χ0) is 14.9. The number of pyridine rings is 1. The molecule has 0 aliphatic rings. The summed E-state index contributed by atoms with van der Waals surface area (Å²) >= 11 is 11.7. The normalized spacial score (nSPS) is 12.2. The van der Waals surface area contributed by atoms with Crippen LogP contribution in [0.1, 0.15) is 40.5 Å². The number of rotatable bonds is 3. The third kappa shape index (κ3) is 3.14. The largest absolute Gasteiger partial charge is 0.466 e. The Morgan fingerprint density at radius 3 is 2.65 bits per heavy atom. The molecule has 0 spiro atoms. The van der Waals surface area contributed by atoms with Crippen molar-refractivity contribution in [3.05, 3.63) is 51.2 Å². The molecule has 0 radical (unpaired) electrons. The lowest BCUT2D eigenvalue weighted by molar-refractivity contribution is 0.0935. The number of aryl methyl sites for hydroxylation is 2. The molecule has 0 fully saturated rings. The van der Waals surface area contributed by atoms with Crippen molar-refractivity contribution in [2.45, 2.75) is 26.8 Å². The van der Waals surface area contributed by atoms with Crippen LogP contribution in [0, 0.1) is 13.8 Å². The third-order valence-corrected chi connectivity index (χ3v) is 3.44. The molecule has 0 aliphatic carbocycles. The first-order valence-electron chi connectivity index (χ1n) is 6.08. The van der Waals surface area contributed by atoms with Crippen LogP contribution >= 0.6 is 23.2 Å². The van der Waals surface area contributed by atoms with Crippen molar-refractivity contribution in [3.63, 3.8) is 0 Å². The monoisotopic (exact) mass is 312 g/mol. The lowest BCUT2D eigenvalue weighted by Gasteiger charge is -2.13. The van der Waals surface area contributed by atoms with E-state index in [-0.39, 0.29) is 27.8 Å². The second-order valence-electron chi connectivity index (χ2n) is 4.53. The summed E-state index contributed by atoms with van der Waals surface area (Å²) in [5.41, 5.74) is 1.04. The van der Waals surface area contributed by atoms with E-state index in [1.54, 1.807) is 6.07 Å². The quantitative estimate of drug-likeness (QED) is 0.868. The second-order valence-corrected chi connectivity index (χ2v) is 5.32. The summed E-state index contributed by atoms with van der Waals surface area (Å²) in [5, 5.41) is 3.32. The number of aromatic nitrogens is 1. The van der Waals surface area contributed by atoms with Gasteiger partial charge in [-0.15, -0.1) is 0 Å². The summed E-state index contributed by atoms with van der Waals surface area (Å²) in [5.74, 6) is 1.21. The van der Waals surface area contributed by atoms with Gasteiger partial charge in [-0.1, -0.05) is 23.2 Å². The molecule has 1 N–H and O–H groups in total. The molecule has 1 atom stereocenters. The van der Waals surface area contributed by atoms with Crippen molar-refractivity contribution in [1.82, 2.24) is 10.3 Å². The molecule has 1 amide bonds. The molecule has 4 nitrogen and oxygen atoms in total. The van der Waals surface area contributed by atoms with Crippen LogP contribution in [0.4, 0.5) is 0 Å². The Morgan fingerprint density at radius 1 is 1.35 bits per heavy atom. The smallest absolute Gasteiger partial charge is 0.271 e. The molecular weight excluding hydrogens is 299 g/mol. The zero-order valence-corrected chi connectivity index (χ0v) is 12.8. The van der Waals surface area contributed by atoms with Crippen molar-refractivity contribution < 1.29 is 9.21 Å². The second kappa shape index (κ2) is 5.85. The number of carbonyl (C=O) groups is 1. The van der Waals surface area contributed by atoms with E-state index in [0.717, 1.165) is 17.1 Å². The maximum absolute atomic E-state index is 12.2. The Hall–Kier alpha value is -1.52. The van der Waals surface area contributed by atoms with E-state index in [1.807, 2.05) is 26.8 Å². The summed E-state index contributed by atoms with van der Waals surface area (Å²) in [4.78, 5) is 16.1. The van der Waals surface area contributed by atoms with Crippen molar-refractivity contribution in [1.29, 1.82) is 0 Å². The van der Waals surface area contributed by atoms with Gasteiger partial charge in [0.25, 0.3) is 5.91 Å². The van der Waals surface area contributed by atoms with Crippen LogP contribution < -0.4 is 5.32 Å². The molecule has 6 heteroatoms. The van der Waals surface area contributed by atoms with Gasteiger partial charge in [-0.25, -0.2) is 4.98 Å². The third-order valence-electron chi connectivity index (χ3n) is 2.92. The topological polar surface area (TPSA) is 55.1 Å². The number of nitrogens with zero attached hydrogens (tertiary/aromatic N) is 1. The lowest BCUT2D eigenvalue weighted by atomic mass is 10.1. The SMILES string of the molecule is Cc1cc(C(C)NC(=O)c2nc(Cl)ccc2Cl)c(C)o1. The van der Waals surface area contributed by atoms with Crippen LogP contribution in [-0.2, 0) is 0 Å². The number of furan rings is 1. The average molecular weight is 313 g/mol. The number of nitrogens with one attached hydrogen (secondary N) is 1. The molecular formula is C14H14Cl2N2O2. The average Bonchev–Trinajstić information content (AvgIpc) is 2.71. The number of amides is 1. The minimum absolute atomic E-state index is 0.115. The standard InChI is InChI=1S/C14H14Cl2N2O2/c1-7-6-10(9(3)20-7)8(2)17-14(19)13-11(15)4-5-12(16)18-13/h4-6,8H,1-3H3,(H,17,19). The van der Waals surface area contributed by atoms with Gasteiger partial charge in [0.15, 0.2) is 0 Å². The summed E-state index contributed by atoms with van der Waals surface area (Å²) in [6, 6.07) is 4.77. The molecule has 20 heavy (non-hydrogen) atoms. The van der Waals surface area contributed by atoms with Gasteiger partial charge in [-0.2, -0.15) is 0 Å². The Balaban J connectivity index is 2.19. The fraction of sp³-hybridized carbons (Fsp3) is 0.286. The molecule has 0 aliphatic heterocycles. The van der Waals surface area contributed by atoms with Crippen LogP contribution in [0.3, 0.4) is 0 Å². The van der Waals surface area contributed by atoms with Gasteiger partial charge < -0.3 is 9.73 Å². The highest BCUT2D eigenvalue weighted by Gasteiger charge is 2.19. The van der Waals surface area contributed by atoms with Gasteiger partial charge in [0, 0.05) is 5.56 Å². The van der Waals surface area contributed by atoms with Gasteiger partial charge >= 0.3 is 0 Å². The molecule has 2 heterocycles. The Kier molecular flexibility index (Phi) is 4.35. The lowest BCUT2D eigenvalue weighted by Crippen LogP contribution is -2.27. The van der Waals surface area contributed by atoms with Crippen molar-refractivity contribution in [2.75, 3.05) is 0 Å². The van der Waals surface area contributed by atoms with Crippen LogP contribution in [0.5, 0.6) is 0 Å². The summed E-state index contributed by atoms with van der Waals surface area (Å²) in [7, 11) is 0. The Morgan fingerprint density at radius 2 is 2.05 bits per heavy atom. The van der Waals surface area contributed by atoms with Crippen LogP contribution in [0.15, 0.2) is 22.6 Å². The van der Waals surface area contributed by atoms with E-state index in [4.69, 9.17) is 27.6 Å². The molecule has 0 bridgehead atoms. The Bertz CT molecular complexity index is 653. The van der Waals surface area contributed by atoms with Crippen LogP contribution in [0.2, 0.25) is 10.2 Å². The molecule has 0 saturated heterocycles. The molecule has 106 valence electrons. The highest BCUT2D eigenvalue weighted by molar-refractivity contribution is 6.34.